The van der Waals surface area contributed by atoms with Gasteiger partial charge >= 0.3 is 5.97 Å². The molecule has 1 unspecified atom stereocenters. The smallest absolute Gasteiger partial charge is 0.306 e. The quantitative estimate of drug-likeness (QED) is 0.0414. The van der Waals surface area contributed by atoms with Crippen LogP contribution in [0.5, 0.6) is 0 Å². The van der Waals surface area contributed by atoms with Gasteiger partial charge in [0, 0.05) is 6.42 Å². The first-order chi connectivity index (χ1) is 20.8. The predicted molar refractivity (Wildman–Crippen MR) is 182 cm³/mol. The number of quaternary nitrogens is 1. The van der Waals surface area contributed by atoms with E-state index in [-0.39, 0.29) is 23.1 Å². The zero-order chi connectivity index (χ0) is 31.9. The van der Waals surface area contributed by atoms with E-state index in [1.165, 1.54) is 148 Å². The van der Waals surface area contributed by atoms with E-state index in [1.54, 1.807) is 0 Å². The van der Waals surface area contributed by atoms with Crippen LogP contribution in [0.2, 0.25) is 0 Å². The Morgan fingerprint density at radius 1 is 0.535 bits per heavy atom. The summed E-state index contributed by atoms with van der Waals surface area (Å²) >= 11 is 0. The van der Waals surface area contributed by atoms with Crippen molar-refractivity contribution in [1.82, 2.24) is 0 Å². The number of rotatable bonds is 34. The van der Waals surface area contributed by atoms with Gasteiger partial charge in [0.1, 0.15) is 13.1 Å². The van der Waals surface area contributed by atoms with E-state index in [2.05, 4.69) is 13.8 Å². The van der Waals surface area contributed by atoms with Crippen molar-refractivity contribution < 1.29 is 23.9 Å². The number of carbonyl (C=O) groups excluding carboxylic acids is 2. The number of carbonyl (C=O) groups is 2. The molecule has 0 aromatic heterocycles. The number of nitrogens with zero attached hydrogens (tertiary/aromatic N) is 1. The number of esters is 1. The van der Waals surface area contributed by atoms with Crippen LogP contribution >= 0.6 is 0 Å². The van der Waals surface area contributed by atoms with Crippen LogP contribution < -0.4 is 5.11 Å². The van der Waals surface area contributed by atoms with Gasteiger partial charge in [-0.2, -0.15) is 0 Å². The first kappa shape index (κ1) is 41.9. The molecule has 0 N–H and O–H groups in total. The fourth-order valence-corrected chi connectivity index (χ4v) is 6.25. The van der Waals surface area contributed by atoms with Crippen LogP contribution in [0.4, 0.5) is 0 Å². The highest BCUT2D eigenvalue weighted by Gasteiger charge is 2.25. The summed E-state index contributed by atoms with van der Waals surface area (Å²) in [4.78, 5) is 23.9. The Bertz CT molecular complexity index is 621. The third-order valence-corrected chi connectivity index (χ3v) is 8.92. The molecule has 0 aromatic rings. The van der Waals surface area contributed by atoms with Gasteiger partial charge in [0.05, 0.1) is 20.1 Å². The number of likely N-dealkylation sites (N-methyl/N-ethyl adjacent to an activating group) is 1. The maximum absolute atomic E-state index is 12.7. The van der Waals surface area contributed by atoms with Gasteiger partial charge in [-0.25, -0.2) is 0 Å². The summed E-state index contributed by atoms with van der Waals surface area (Å²) in [5.41, 5.74) is 0. The molecule has 0 spiro atoms. The predicted octanol–water partition coefficient (Wildman–Crippen LogP) is 10.1. The Morgan fingerprint density at radius 3 is 1.21 bits per heavy atom. The van der Waals surface area contributed by atoms with Crippen molar-refractivity contribution in [3.8, 4) is 0 Å². The summed E-state index contributed by atoms with van der Waals surface area (Å²) in [7, 11) is 3.76. The molecule has 5 nitrogen and oxygen atoms in total. The molecule has 0 amide bonds. The molecule has 0 bridgehead atoms. The summed E-state index contributed by atoms with van der Waals surface area (Å²) in [6.45, 7) is 5.00. The minimum absolute atomic E-state index is 0.0639. The lowest BCUT2D eigenvalue weighted by Gasteiger charge is -2.33. The van der Waals surface area contributed by atoms with Crippen LogP contribution in [0.3, 0.4) is 0 Å². The van der Waals surface area contributed by atoms with Gasteiger partial charge in [-0.3, -0.25) is 4.79 Å². The lowest BCUT2D eigenvalue weighted by molar-refractivity contribution is -0.887. The molecule has 0 aliphatic rings. The molecule has 0 rings (SSSR count). The molecule has 5 heteroatoms. The number of ether oxygens (including phenoxy) is 1. The van der Waals surface area contributed by atoms with Crippen LogP contribution in [0.25, 0.3) is 0 Å². The Kier molecular flexibility index (Phi) is 30.1. The van der Waals surface area contributed by atoms with Crippen LogP contribution in [0.1, 0.15) is 200 Å². The fourth-order valence-electron chi connectivity index (χ4n) is 6.25. The summed E-state index contributed by atoms with van der Waals surface area (Å²) < 4.78 is 6.19. The number of hydrogen-bond donors (Lipinski definition) is 0. The maximum Gasteiger partial charge on any atom is 0.306 e. The fraction of sp³-hybridized carbons (Fsp3) is 0.947. The van der Waals surface area contributed by atoms with Crippen molar-refractivity contribution in [2.45, 2.75) is 206 Å². The zero-order valence-corrected chi connectivity index (χ0v) is 29.6. The lowest BCUT2D eigenvalue weighted by atomic mass is 10.0. The third-order valence-electron chi connectivity index (χ3n) is 8.92. The summed E-state index contributed by atoms with van der Waals surface area (Å²) in [5.74, 6) is -1.18. The van der Waals surface area contributed by atoms with Gasteiger partial charge in [-0.1, -0.05) is 174 Å². The second kappa shape index (κ2) is 30.9. The number of carboxylic acids is 1. The summed E-state index contributed by atoms with van der Waals surface area (Å²) in [5, 5.41) is 11.2. The molecule has 0 saturated heterocycles. The molecule has 0 aliphatic carbocycles. The highest BCUT2D eigenvalue weighted by molar-refractivity contribution is 5.69. The highest BCUT2D eigenvalue weighted by Crippen LogP contribution is 2.17. The van der Waals surface area contributed by atoms with Gasteiger partial charge in [-0.05, 0) is 19.3 Å². The molecule has 0 radical (unpaired) electrons. The summed E-state index contributed by atoms with van der Waals surface area (Å²) in [6.07, 6.45) is 36.3. The van der Waals surface area contributed by atoms with Crippen molar-refractivity contribution in [2.75, 3.05) is 27.2 Å². The molecule has 1 atom stereocenters. The summed E-state index contributed by atoms with van der Waals surface area (Å²) in [6, 6.07) is 0. The average molecular weight is 610 g/mol. The molecular weight excluding hydrogens is 534 g/mol. The van der Waals surface area contributed by atoms with E-state index >= 15 is 0 Å². The third kappa shape index (κ3) is 32.1. The van der Waals surface area contributed by atoms with Gasteiger partial charge in [0.15, 0.2) is 6.10 Å². The van der Waals surface area contributed by atoms with Crippen molar-refractivity contribution >= 4 is 11.9 Å². The van der Waals surface area contributed by atoms with Crippen molar-refractivity contribution in [1.29, 1.82) is 0 Å². The van der Waals surface area contributed by atoms with E-state index < -0.39 is 5.97 Å². The van der Waals surface area contributed by atoms with E-state index in [1.807, 2.05) is 14.1 Å². The van der Waals surface area contributed by atoms with E-state index in [0.717, 1.165) is 32.1 Å². The van der Waals surface area contributed by atoms with Crippen LogP contribution in [-0.2, 0) is 14.3 Å². The zero-order valence-electron chi connectivity index (χ0n) is 29.6. The molecule has 0 fully saturated rings. The van der Waals surface area contributed by atoms with E-state index in [0.29, 0.717) is 13.0 Å². The number of hydrogen-bond acceptors (Lipinski definition) is 4. The minimum atomic E-state index is -1.06. The molecule has 0 saturated carbocycles. The lowest BCUT2D eigenvalue weighted by Crippen LogP contribution is -2.52. The van der Waals surface area contributed by atoms with Crippen LogP contribution in [-0.4, -0.2) is 49.7 Å². The maximum atomic E-state index is 12.7. The molecule has 0 heterocycles. The van der Waals surface area contributed by atoms with E-state index in [4.69, 9.17) is 4.74 Å². The first-order valence-electron chi connectivity index (χ1n) is 19.0. The molecule has 43 heavy (non-hydrogen) atoms. The van der Waals surface area contributed by atoms with Gasteiger partial charge < -0.3 is 19.1 Å². The Balaban J connectivity index is 4.02. The van der Waals surface area contributed by atoms with Crippen LogP contribution in [0.15, 0.2) is 0 Å². The standard InChI is InChI=1S/C38H75NO4/c1-5-7-9-11-13-15-17-19-20-21-23-25-27-29-31-33-38(42)43-36(34-39(3,4)35-37(40)41)32-30-28-26-24-22-18-16-14-12-10-8-6-2/h36H,5-35H2,1-4H3. The highest BCUT2D eigenvalue weighted by atomic mass is 16.5. The SMILES string of the molecule is CCCCCCCCCCCCCCCCCC(=O)OC(CCCCCCCCCCCCCC)C[N+](C)(C)CC(=O)[O-]. The Hall–Kier alpha value is -1.10. The second-order valence-corrected chi connectivity index (χ2v) is 14.1. The van der Waals surface area contributed by atoms with Gasteiger partial charge in [-0.15, -0.1) is 0 Å². The Labute approximate surface area is 268 Å². The average Bonchev–Trinajstić information content (AvgIpc) is 2.94. The van der Waals surface area contributed by atoms with Gasteiger partial charge in [0.25, 0.3) is 0 Å². The van der Waals surface area contributed by atoms with Gasteiger partial charge in [0.2, 0.25) is 0 Å². The first-order valence-corrected chi connectivity index (χ1v) is 19.0. The monoisotopic (exact) mass is 610 g/mol. The van der Waals surface area contributed by atoms with Crippen molar-refractivity contribution in [3.63, 3.8) is 0 Å². The van der Waals surface area contributed by atoms with Crippen molar-refractivity contribution in [3.05, 3.63) is 0 Å². The number of aliphatic carboxylic acids is 1. The molecule has 256 valence electrons. The Morgan fingerprint density at radius 2 is 0.860 bits per heavy atom. The van der Waals surface area contributed by atoms with E-state index in [9.17, 15) is 14.7 Å². The number of unbranched alkanes of at least 4 members (excludes halogenated alkanes) is 25. The molecule has 0 aromatic carbocycles. The molecule has 0 aliphatic heterocycles. The normalized spacial score (nSPS) is 12.5. The minimum Gasteiger partial charge on any atom is -0.544 e. The van der Waals surface area contributed by atoms with Crippen LogP contribution in [0, 0.1) is 0 Å². The second-order valence-electron chi connectivity index (χ2n) is 14.1. The number of carboxylic acid groups (broad SMARTS) is 1. The molecular formula is C38H75NO4. The topological polar surface area (TPSA) is 66.4 Å². The largest absolute Gasteiger partial charge is 0.544 e. The van der Waals surface area contributed by atoms with Crippen molar-refractivity contribution in [2.24, 2.45) is 0 Å².